The lowest BCUT2D eigenvalue weighted by Gasteiger charge is -2.38. The number of aliphatic imine (C=N–C) groups is 1. The Hall–Kier alpha value is -2.12. The van der Waals surface area contributed by atoms with Gasteiger partial charge >= 0.3 is 0 Å². The molecule has 0 amide bonds. The molecule has 0 saturated carbocycles. The maximum absolute atomic E-state index is 13.4. The van der Waals surface area contributed by atoms with E-state index in [1.54, 1.807) is 6.07 Å². The van der Waals surface area contributed by atoms with E-state index in [9.17, 15) is 4.39 Å². The van der Waals surface area contributed by atoms with Gasteiger partial charge in [0, 0.05) is 32.1 Å². The molecule has 7 heteroatoms. The number of piperazine rings is 1. The molecule has 0 radical (unpaired) electrons. The molecule has 1 fully saturated rings. The van der Waals surface area contributed by atoms with Crippen molar-refractivity contribution < 1.29 is 4.39 Å². The molecule has 0 bridgehead atoms. The van der Waals surface area contributed by atoms with Gasteiger partial charge in [-0.15, -0.1) is 0 Å². The molecule has 124 valence electrons. The van der Waals surface area contributed by atoms with Crippen LogP contribution in [0.25, 0.3) is 0 Å². The first-order valence-electron chi connectivity index (χ1n) is 7.80. The quantitative estimate of drug-likeness (QED) is 0.633. The van der Waals surface area contributed by atoms with Gasteiger partial charge < -0.3 is 27.0 Å². The van der Waals surface area contributed by atoms with Crippen LogP contribution in [0.4, 0.5) is 4.39 Å². The van der Waals surface area contributed by atoms with E-state index in [-0.39, 0.29) is 11.8 Å². The number of rotatable bonds is 3. The standard InChI is InChI=1S/C16H23FN6/c1-11-10-23(6-5-20-11)14-9-16(19,22-15(18)21-14)8-12-3-2-4-13(17)7-12/h2-4,7,9,11,20H,5-6,8,10,19H2,1H3,(H3,18,21,22)/t11-,16?/m0/s1. The van der Waals surface area contributed by atoms with Crippen molar-refractivity contribution >= 4 is 5.96 Å². The molecule has 6 N–H and O–H groups in total. The number of hydrogen-bond donors (Lipinski definition) is 4. The van der Waals surface area contributed by atoms with E-state index in [0.29, 0.717) is 12.5 Å². The zero-order valence-electron chi connectivity index (χ0n) is 13.2. The van der Waals surface area contributed by atoms with Gasteiger partial charge in [0.1, 0.15) is 17.3 Å². The lowest BCUT2D eigenvalue weighted by Crippen LogP contribution is -2.55. The summed E-state index contributed by atoms with van der Waals surface area (Å²) in [7, 11) is 0. The molecule has 2 aliphatic heterocycles. The summed E-state index contributed by atoms with van der Waals surface area (Å²) >= 11 is 0. The molecule has 3 rings (SSSR count). The fraction of sp³-hybridized carbons (Fsp3) is 0.438. The highest BCUT2D eigenvalue weighted by Crippen LogP contribution is 2.21. The summed E-state index contributed by atoms with van der Waals surface area (Å²) < 4.78 is 13.4. The minimum atomic E-state index is -0.980. The molecule has 2 atom stereocenters. The first-order chi connectivity index (χ1) is 10.9. The highest BCUT2D eigenvalue weighted by atomic mass is 19.1. The van der Waals surface area contributed by atoms with Crippen LogP contribution < -0.4 is 22.1 Å². The number of nitrogens with zero attached hydrogens (tertiary/aromatic N) is 2. The van der Waals surface area contributed by atoms with Crippen molar-refractivity contribution in [2.45, 2.75) is 25.0 Å². The predicted molar refractivity (Wildman–Crippen MR) is 88.9 cm³/mol. The molecule has 2 aliphatic rings. The van der Waals surface area contributed by atoms with Gasteiger partial charge in [-0.25, -0.2) is 9.38 Å². The summed E-state index contributed by atoms with van der Waals surface area (Å²) in [6, 6.07) is 6.79. The Morgan fingerprint density at radius 2 is 2.30 bits per heavy atom. The first kappa shape index (κ1) is 15.8. The molecule has 0 aliphatic carbocycles. The van der Waals surface area contributed by atoms with E-state index >= 15 is 0 Å². The molecule has 2 heterocycles. The van der Waals surface area contributed by atoms with Crippen LogP contribution in [0.5, 0.6) is 0 Å². The summed E-state index contributed by atoms with van der Waals surface area (Å²) in [6.45, 7) is 4.77. The minimum absolute atomic E-state index is 0.280. The molecule has 0 aromatic heterocycles. The number of nitrogens with two attached hydrogens (primary N) is 2. The van der Waals surface area contributed by atoms with Crippen LogP contribution in [-0.4, -0.2) is 42.2 Å². The van der Waals surface area contributed by atoms with E-state index in [1.165, 1.54) is 12.1 Å². The maximum Gasteiger partial charge on any atom is 0.196 e. The van der Waals surface area contributed by atoms with Gasteiger partial charge in [-0.05, 0) is 30.7 Å². The topological polar surface area (TPSA) is 91.7 Å². The van der Waals surface area contributed by atoms with Crippen LogP contribution in [0.3, 0.4) is 0 Å². The average molecular weight is 318 g/mol. The Bertz CT molecular complexity index is 643. The van der Waals surface area contributed by atoms with Crippen LogP contribution in [0.2, 0.25) is 0 Å². The third kappa shape index (κ3) is 3.80. The zero-order chi connectivity index (χ0) is 16.4. The summed E-state index contributed by atoms with van der Waals surface area (Å²) in [5.41, 5.74) is 12.1. The van der Waals surface area contributed by atoms with Crippen molar-refractivity contribution in [3.63, 3.8) is 0 Å². The fourth-order valence-electron chi connectivity index (χ4n) is 3.07. The number of guanidine groups is 1. The van der Waals surface area contributed by atoms with Gasteiger partial charge in [-0.2, -0.15) is 0 Å². The normalized spacial score (nSPS) is 28.0. The predicted octanol–water partition coefficient (Wildman–Crippen LogP) is 0.0762. The van der Waals surface area contributed by atoms with Gasteiger partial charge in [0.15, 0.2) is 5.96 Å². The monoisotopic (exact) mass is 318 g/mol. The largest absolute Gasteiger partial charge is 0.370 e. The van der Waals surface area contributed by atoms with Gasteiger partial charge in [0.25, 0.3) is 0 Å². The van der Waals surface area contributed by atoms with Crippen molar-refractivity contribution in [1.82, 2.24) is 15.5 Å². The molecular formula is C16H23FN6. The van der Waals surface area contributed by atoms with Crippen LogP contribution in [-0.2, 0) is 6.42 Å². The minimum Gasteiger partial charge on any atom is -0.370 e. The van der Waals surface area contributed by atoms with E-state index in [0.717, 1.165) is 31.0 Å². The van der Waals surface area contributed by atoms with Crippen LogP contribution in [0.15, 0.2) is 41.2 Å². The van der Waals surface area contributed by atoms with E-state index < -0.39 is 5.66 Å². The second-order valence-corrected chi connectivity index (χ2v) is 6.25. The fourth-order valence-corrected chi connectivity index (χ4v) is 3.07. The van der Waals surface area contributed by atoms with Crippen molar-refractivity contribution in [2.24, 2.45) is 16.5 Å². The Labute approximate surface area is 135 Å². The lowest BCUT2D eigenvalue weighted by atomic mass is 9.99. The van der Waals surface area contributed by atoms with Gasteiger partial charge in [0.05, 0.1) is 0 Å². The van der Waals surface area contributed by atoms with Gasteiger partial charge in [0.2, 0.25) is 0 Å². The Morgan fingerprint density at radius 1 is 1.48 bits per heavy atom. The van der Waals surface area contributed by atoms with E-state index in [1.807, 2.05) is 12.1 Å². The smallest absolute Gasteiger partial charge is 0.196 e. The van der Waals surface area contributed by atoms with Gasteiger partial charge in [-0.3, -0.25) is 0 Å². The molecule has 0 spiro atoms. The molecule has 23 heavy (non-hydrogen) atoms. The summed E-state index contributed by atoms with van der Waals surface area (Å²) in [5.74, 6) is 0.870. The summed E-state index contributed by atoms with van der Waals surface area (Å²) in [4.78, 5) is 6.53. The van der Waals surface area contributed by atoms with Crippen molar-refractivity contribution in [3.8, 4) is 0 Å². The Kier molecular flexibility index (Phi) is 4.23. The number of halogens is 1. The third-order valence-electron chi connectivity index (χ3n) is 4.06. The molecule has 1 aromatic carbocycles. The molecule has 6 nitrogen and oxygen atoms in total. The van der Waals surface area contributed by atoms with E-state index in [2.05, 4.69) is 27.4 Å². The molecule has 1 aromatic rings. The average Bonchev–Trinajstić information content (AvgIpc) is 2.45. The number of benzene rings is 1. The van der Waals surface area contributed by atoms with Crippen molar-refractivity contribution in [2.75, 3.05) is 19.6 Å². The molecular weight excluding hydrogens is 295 g/mol. The number of nitrogens with one attached hydrogen (secondary N) is 2. The lowest BCUT2D eigenvalue weighted by molar-refractivity contribution is 0.243. The highest BCUT2D eigenvalue weighted by molar-refractivity contribution is 5.81. The second-order valence-electron chi connectivity index (χ2n) is 6.25. The summed E-state index contributed by atoms with van der Waals surface area (Å²) in [6.07, 6.45) is 2.27. The van der Waals surface area contributed by atoms with Crippen LogP contribution in [0, 0.1) is 5.82 Å². The first-order valence-corrected chi connectivity index (χ1v) is 7.80. The van der Waals surface area contributed by atoms with Gasteiger partial charge in [-0.1, -0.05) is 12.1 Å². The van der Waals surface area contributed by atoms with Crippen molar-refractivity contribution in [3.05, 3.63) is 47.5 Å². The Morgan fingerprint density at radius 3 is 3.04 bits per heavy atom. The molecule has 1 unspecified atom stereocenters. The van der Waals surface area contributed by atoms with E-state index in [4.69, 9.17) is 11.5 Å². The zero-order valence-corrected chi connectivity index (χ0v) is 13.2. The Balaban J connectivity index is 1.83. The number of hydrogen-bond acceptors (Lipinski definition) is 6. The highest BCUT2D eigenvalue weighted by Gasteiger charge is 2.30. The SMILES string of the molecule is C[C@H]1CN(C2=CC(N)(Cc3cccc(F)c3)N=C(N)N2)CCN1. The second kappa shape index (κ2) is 6.17. The van der Waals surface area contributed by atoms with Crippen molar-refractivity contribution in [1.29, 1.82) is 0 Å². The third-order valence-corrected chi connectivity index (χ3v) is 4.06. The molecule has 1 saturated heterocycles. The maximum atomic E-state index is 13.4. The summed E-state index contributed by atoms with van der Waals surface area (Å²) in [5, 5.41) is 6.49. The van der Waals surface area contributed by atoms with Crippen LogP contribution >= 0.6 is 0 Å². The van der Waals surface area contributed by atoms with Crippen LogP contribution in [0.1, 0.15) is 12.5 Å².